The Bertz CT molecular complexity index is 1180. The Morgan fingerprint density at radius 3 is 2.35 bits per heavy atom. The van der Waals surface area contributed by atoms with Crippen molar-refractivity contribution >= 4 is 23.4 Å². The van der Waals surface area contributed by atoms with Gasteiger partial charge in [-0.3, -0.25) is 4.79 Å². The fraction of sp³-hybridized carbons (Fsp3) is 0.346. The highest BCUT2D eigenvalue weighted by atomic mass is 16.5. The molecular weight excluding hydrogens is 430 g/mol. The van der Waals surface area contributed by atoms with Crippen molar-refractivity contribution in [3.8, 4) is 11.4 Å². The maximum absolute atomic E-state index is 12.8. The fourth-order valence-corrected chi connectivity index (χ4v) is 3.32. The number of methoxy groups -OCH3 is 1. The van der Waals surface area contributed by atoms with Crippen molar-refractivity contribution in [3.63, 3.8) is 0 Å². The first-order chi connectivity index (χ1) is 16.0. The van der Waals surface area contributed by atoms with Crippen LogP contribution in [-0.2, 0) is 10.2 Å². The number of hydrogen-bond acceptors (Lipinski definition) is 4. The summed E-state index contributed by atoms with van der Waals surface area (Å²) in [4.78, 5) is 26.8. The molecule has 1 heterocycles. The van der Waals surface area contributed by atoms with Gasteiger partial charge in [0, 0.05) is 24.2 Å². The minimum atomic E-state index is -0.358. The standard InChI is InChI=1S/C26H33N5O3/c1-17-9-8-10-21(18(17)2)27-25(33)30(6)16-24(32)28-23-15-22(26(3,4)5)29-31(23)19-11-13-20(34-7)14-12-19/h8-15H,16H2,1-7H3,(H,27,33)(H,28,32). The summed E-state index contributed by atoms with van der Waals surface area (Å²) in [5, 5.41) is 10.5. The van der Waals surface area contributed by atoms with E-state index in [9.17, 15) is 9.59 Å². The molecule has 0 unspecified atom stereocenters. The predicted molar refractivity (Wildman–Crippen MR) is 135 cm³/mol. The second kappa shape index (κ2) is 9.99. The number of aromatic nitrogens is 2. The van der Waals surface area contributed by atoms with Crippen molar-refractivity contribution in [1.29, 1.82) is 0 Å². The topological polar surface area (TPSA) is 88.5 Å². The number of amides is 3. The monoisotopic (exact) mass is 463 g/mol. The highest BCUT2D eigenvalue weighted by Crippen LogP contribution is 2.27. The van der Waals surface area contributed by atoms with Crippen LogP contribution in [0.5, 0.6) is 5.75 Å². The number of carbonyl (C=O) groups excluding carboxylic acids is 2. The number of hydrogen-bond donors (Lipinski definition) is 2. The zero-order valence-corrected chi connectivity index (χ0v) is 20.9. The molecule has 3 aromatic rings. The van der Waals surface area contributed by atoms with E-state index in [4.69, 9.17) is 9.84 Å². The maximum Gasteiger partial charge on any atom is 0.322 e. The van der Waals surface area contributed by atoms with Crippen LogP contribution in [0.15, 0.2) is 48.5 Å². The summed E-state index contributed by atoms with van der Waals surface area (Å²) in [7, 11) is 3.20. The van der Waals surface area contributed by atoms with Crippen molar-refractivity contribution in [2.45, 2.75) is 40.0 Å². The van der Waals surface area contributed by atoms with E-state index in [-0.39, 0.29) is 23.9 Å². The number of carbonyl (C=O) groups is 2. The van der Waals surface area contributed by atoms with Crippen LogP contribution in [0.3, 0.4) is 0 Å². The minimum Gasteiger partial charge on any atom is -0.497 e. The second-order valence-electron chi connectivity index (χ2n) is 9.36. The Labute approximate surface area is 200 Å². The van der Waals surface area contributed by atoms with Crippen LogP contribution in [0, 0.1) is 13.8 Å². The van der Waals surface area contributed by atoms with E-state index in [1.807, 2.05) is 62.4 Å². The molecule has 8 nitrogen and oxygen atoms in total. The number of likely N-dealkylation sites (N-methyl/N-ethyl adjacent to an activating group) is 1. The quantitative estimate of drug-likeness (QED) is 0.544. The largest absolute Gasteiger partial charge is 0.497 e. The molecule has 0 aliphatic heterocycles. The number of nitrogens with one attached hydrogen (secondary N) is 2. The van der Waals surface area contributed by atoms with Crippen LogP contribution in [0.1, 0.15) is 37.6 Å². The Morgan fingerprint density at radius 1 is 1.06 bits per heavy atom. The number of nitrogens with zero attached hydrogens (tertiary/aromatic N) is 3. The molecule has 0 spiro atoms. The Balaban J connectivity index is 1.75. The lowest BCUT2D eigenvalue weighted by atomic mass is 9.92. The van der Waals surface area contributed by atoms with Crippen LogP contribution in [0.4, 0.5) is 16.3 Å². The van der Waals surface area contributed by atoms with Gasteiger partial charge >= 0.3 is 6.03 Å². The molecule has 34 heavy (non-hydrogen) atoms. The number of urea groups is 1. The lowest BCUT2D eigenvalue weighted by Gasteiger charge is -2.19. The molecule has 0 bridgehead atoms. The van der Waals surface area contributed by atoms with Gasteiger partial charge in [0.25, 0.3) is 0 Å². The summed E-state index contributed by atoms with van der Waals surface area (Å²) in [6.45, 7) is 10.0. The van der Waals surface area contributed by atoms with Gasteiger partial charge in [0.1, 0.15) is 18.1 Å². The first-order valence-corrected chi connectivity index (χ1v) is 11.1. The van der Waals surface area contributed by atoms with Crippen molar-refractivity contribution < 1.29 is 14.3 Å². The van der Waals surface area contributed by atoms with E-state index in [0.717, 1.165) is 33.9 Å². The van der Waals surface area contributed by atoms with Gasteiger partial charge in [-0.05, 0) is 55.3 Å². The minimum absolute atomic E-state index is 0.116. The summed E-state index contributed by atoms with van der Waals surface area (Å²) < 4.78 is 6.93. The highest BCUT2D eigenvalue weighted by molar-refractivity contribution is 5.97. The van der Waals surface area contributed by atoms with Crippen LogP contribution in [0.25, 0.3) is 5.69 Å². The molecule has 180 valence electrons. The smallest absolute Gasteiger partial charge is 0.322 e. The Kier molecular flexibility index (Phi) is 7.29. The molecule has 0 aliphatic rings. The highest BCUT2D eigenvalue weighted by Gasteiger charge is 2.22. The van der Waals surface area contributed by atoms with E-state index in [0.29, 0.717) is 5.82 Å². The van der Waals surface area contributed by atoms with Gasteiger partial charge in [0.2, 0.25) is 5.91 Å². The third-order valence-electron chi connectivity index (χ3n) is 5.64. The molecule has 0 radical (unpaired) electrons. The zero-order valence-electron chi connectivity index (χ0n) is 20.9. The molecule has 2 aromatic carbocycles. The van der Waals surface area contributed by atoms with Crippen molar-refractivity contribution in [1.82, 2.24) is 14.7 Å². The van der Waals surface area contributed by atoms with Gasteiger partial charge in [-0.25, -0.2) is 9.48 Å². The number of aryl methyl sites for hydroxylation is 1. The summed E-state index contributed by atoms with van der Waals surface area (Å²) in [6, 6.07) is 14.6. The molecule has 0 saturated carbocycles. The number of anilines is 2. The van der Waals surface area contributed by atoms with Gasteiger partial charge in [0.05, 0.1) is 18.5 Å². The SMILES string of the molecule is COc1ccc(-n2nc(C(C)(C)C)cc2NC(=O)CN(C)C(=O)Nc2cccc(C)c2C)cc1. The maximum atomic E-state index is 12.8. The van der Waals surface area contributed by atoms with Crippen LogP contribution in [0.2, 0.25) is 0 Å². The Morgan fingerprint density at radius 2 is 1.74 bits per heavy atom. The first kappa shape index (κ1) is 24.8. The molecule has 3 rings (SSSR count). The molecule has 1 aromatic heterocycles. The van der Waals surface area contributed by atoms with Gasteiger partial charge in [-0.1, -0.05) is 32.9 Å². The number of rotatable bonds is 6. The molecule has 0 fully saturated rings. The fourth-order valence-electron chi connectivity index (χ4n) is 3.32. The van der Waals surface area contributed by atoms with Crippen molar-refractivity contribution in [2.75, 3.05) is 31.3 Å². The predicted octanol–water partition coefficient (Wildman–Crippen LogP) is 4.90. The van der Waals surface area contributed by atoms with Crippen LogP contribution < -0.4 is 15.4 Å². The summed E-state index contributed by atoms with van der Waals surface area (Å²) in [6.07, 6.45) is 0. The van der Waals surface area contributed by atoms with E-state index in [1.165, 1.54) is 4.90 Å². The van der Waals surface area contributed by atoms with Crippen molar-refractivity contribution in [3.05, 3.63) is 65.4 Å². The number of ether oxygens (including phenoxy) is 1. The third kappa shape index (κ3) is 5.75. The van der Waals surface area contributed by atoms with E-state index in [1.54, 1.807) is 18.8 Å². The van der Waals surface area contributed by atoms with Crippen LogP contribution >= 0.6 is 0 Å². The molecule has 3 amide bonds. The summed E-state index contributed by atoms with van der Waals surface area (Å²) in [5.74, 6) is 0.936. The van der Waals surface area contributed by atoms with Gasteiger partial charge < -0.3 is 20.3 Å². The van der Waals surface area contributed by atoms with E-state index in [2.05, 4.69) is 31.4 Å². The first-order valence-electron chi connectivity index (χ1n) is 11.1. The Hall–Kier alpha value is -3.81. The molecule has 0 atom stereocenters. The van der Waals surface area contributed by atoms with E-state index >= 15 is 0 Å². The summed E-state index contributed by atoms with van der Waals surface area (Å²) in [5.41, 5.74) is 4.21. The van der Waals surface area contributed by atoms with Gasteiger partial charge in [-0.2, -0.15) is 5.10 Å². The lowest BCUT2D eigenvalue weighted by molar-refractivity contribution is -0.116. The molecule has 0 saturated heterocycles. The molecule has 2 N–H and O–H groups in total. The lowest BCUT2D eigenvalue weighted by Crippen LogP contribution is -2.38. The average molecular weight is 464 g/mol. The van der Waals surface area contributed by atoms with Crippen molar-refractivity contribution in [2.24, 2.45) is 0 Å². The summed E-state index contributed by atoms with van der Waals surface area (Å²) >= 11 is 0. The average Bonchev–Trinajstić information content (AvgIpc) is 3.21. The normalized spacial score (nSPS) is 11.1. The van der Waals surface area contributed by atoms with Gasteiger partial charge in [0.15, 0.2) is 0 Å². The second-order valence-corrected chi connectivity index (χ2v) is 9.36. The zero-order chi connectivity index (χ0) is 25.0. The third-order valence-corrected chi connectivity index (χ3v) is 5.64. The van der Waals surface area contributed by atoms with E-state index < -0.39 is 0 Å². The molecular formula is C26H33N5O3. The number of benzene rings is 2. The van der Waals surface area contributed by atoms with Gasteiger partial charge in [-0.15, -0.1) is 0 Å². The van der Waals surface area contributed by atoms with Crippen LogP contribution in [-0.4, -0.2) is 47.3 Å². The molecule has 0 aliphatic carbocycles. The molecule has 8 heteroatoms.